The molecule has 0 radical (unpaired) electrons. The molecular formula is C18H23N3O4. The SMILES string of the molecule is CC(C)CN1C(=O)C(=O)N(CC(=O)NCCCc2ccccc2)C1=O. The highest BCUT2D eigenvalue weighted by molar-refractivity contribution is 6.45. The van der Waals surface area contributed by atoms with Crippen molar-refractivity contribution in [3.8, 4) is 0 Å². The van der Waals surface area contributed by atoms with Crippen LogP contribution in [0.5, 0.6) is 0 Å². The lowest BCUT2D eigenvalue weighted by molar-refractivity contribution is -0.144. The summed E-state index contributed by atoms with van der Waals surface area (Å²) in [4.78, 5) is 49.4. The van der Waals surface area contributed by atoms with Crippen LogP contribution in [0.4, 0.5) is 4.79 Å². The molecule has 5 amide bonds. The van der Waals surface area contributed by atoms with E-state index in [1.54, 1.807) is 0 Å². The minimum Gasteiger partial charge on any atom is -0.355 e. The zero-order chi connectivity index (χ0) is 18.4. The zero-order valence-electron chi connectivity index (χ0n) is 14.5. The number of aryl methyl sites for hydroxylation is 1. The molecule has 0 atom stereocenters. The first-order chi connectivity index (χ1) is 11.9. The Kier molecular flexibility index (Phi) is 6.27. The van der Waals surface area contributed by atoms with Gasteiger partial charge in [0.05, 0.1) is 0 Å². The van der Waals surface area contributed by atoms with Crippen molar-refractivity contribution in [2.45, 2.75) is 26.7 Å². The number of nitrogens with zero attached hydrogens (tertiary/aromatic N) is 2. The fourth-order valence-corrected chi connectivity index (χ4v) is 2.58. The third-order valence-corrected chi connectivity index (χ3v) is 3.79. The number of carbonyl (C=O) groups excluding carboxylic acids is 4. The van der Waals surface area contributed by atoms with E-state index >= 15 is 0 Å². The molecule has 1 heterocycles. The first kappa shape index (κ1) is 18.6. The van der Waals surface area contributed by atoms with Crippen LogP contribution in [-0.2, 0) is 20.8 Å². The first-order valence-electron chi connectivity index (χ1n) is 8.38. The van der Waals surface area contributed by atoms with Crippen molar-refractivity contribution in [3.05, 3.63) is 35.9 Å². The first-order valence-corrected chi connectivity index (χ1v) is 8.38. The van der Waals surface area contributed by atoms with Crippen LogP contribution < -0.4 is 5.32 Å². The number of imide groups is 2. The number of urea groups is 1. The Hall–Kier alpha value is -2.70. The third kappa shape index (κ3) is 4.89. The molecule has 1 aliphatic heterocycles. The molecule has 134 valence electrons. The molecule has 0 bridgehead atoms. The predicted octanol–water partition coefficient (Wildman–Crippen LogP) is 1.18. The van der Waals surface area contributed by atoms with Crippen molar-refractivity contribution in [1.29, 1.82) is 0 Å². The Morgan fingerprint density at radius 1 is 1.04 bits per heavy atom. The van der Waals surface area contributed by atoms with Crippen LogP contribution in [0.25, 0.3) is 0 Å². The average molecular weight is 345 g/mol. The normalized spacial score (nSPS) is 14.6. The molecule has 1 aromatic carbocycles. The number of hydrogen-bond donors (Lipinski definition) is 1. The maximum Gasteiger partial charge on any atom is 0.334 e. The third-order valence-electron chi connectivity index (χ3n) is 3.79. The van der Waals surface area contributed by atoms with Crippen LogP contribution in [0.3, 0.4) is 0 Å². The van der Waals surface area contributed by atoms with Gasteiger partial charge in [-0.1, -0.05) is 44.2 Å². The number of rotatable bonds is 8. The summed E-state index contributed by atoms with van der Waals surface area (Å²) in [7, 11) is 0. The predicted molar refractivity (Wildman–Crippen MR) is 91.4 cm³/mol. The molecule has 1 saturated heterocycles. The minimum absolute atomic E-state index is 0.0486. The minimum atomic E-state index is -0.940. The van der Waals surface area contributed by atoms with Crippen LogP contribution in [0, 0.1) is 5.92 Å². The molecule has 0 aromatic heterocycles. The lowest BCUT2D eigenvalue weighted by atomic mass is 10.1. The molecule has 1 aromatic rings. The molecule has 0 saturated carbocycles. The van der Waals surface area contributed by atoms with E-state index in [0.717, 1.165) is 17.7 Å². The van der Waals surface area contributed by atoms with Crippen molar-refractivity contribution < 1.29 is 19.2 Å². The highest BCUT2D eigenvalue weighted by Crippen LogP contribution is 2.13. The van der Waals surface area contributed by atoms with Crippen molar-refractivity contribution >= 4 is 23.8 Å². The van der Waals surface area contributed by atoms with E-state index in [1.807, 2.05) is 44.2 Å². The van der Waals surface area contributed by atoms with Crippen LogP contribution in [0.2, 0.25) is 0 Å². The molecule has 0 aliphatic carbocycles. The van der Waals surface area contributed by atoms with E-state index in [2.05, 4.69) is 5.32 Å². The number of hydrogen-bond acceptors (Lipinski definition) is 4. The molecule has 7 heteroatoms. The fraction of sp³-hybridized carbons (Fsp3) is 0.444. The summed E-state index contributed by atoms with van der Waals surface area (Å²) in [5.41, 5.74) is 1.18. The van der Waals surface area contributed by atoms with Crippen molar-refractivity contribution in [2.75, 3.05) is 19.6 Å². The molecule has 1 fully saturated rings. The Labute approximate surface area is 147 Å². The van der Waals surface area contributed by atoms with Gasteiger partial charge in [0.1, 0.15) is 6.54 Å². The summed E-state index contributed by atoms with van der Waals surface area (Å²) in [6.07, 6.45) is 1.57. The van der Waals surface area contributed by atoms with Crippen molar-refractivity contribution in [2.24, 2.45) is 5.92 Å². The lowest BCUT2D eigenvalue weighted by Crippen LogP contribution is -2.42. The van der Waals surface area contributed by atoms with Gasteiger partial charge < -0.3 is 5.32 Å². The van der Waals surface area contributed by atoms with Gasteiger partial charge in [-0.2, -0.15) is 0 Å². The smallest absolute Gasteiger partial charge is 0.334 e. The molecular weight excluding hydrogens is 322 g/mol. The number of carbonyl (C=O) groups is 4. The highest BCUT2D eigenvalue weighted by Gasteiger charge is 2.45. The highest BCUT2D eigenvalue weighted by atomic mass is 16.2. The molecule has 0 spiro atoms. The Morgan fingerprint density at radius 3 is 2.32 bits per heavy atom. The Morgan fingerprint density at radius 2 is 1.68 bits per heavy atom. The molecule has 25 heavy (non-hydrogen) atoms. The van der Waals surface area contributed by atoms with E-state index in [9.17, 15) is 19.2 Å². The lowest BCUT2D eigenvalue weighted by Gasteiger charge is -2.16. The summed E-state index contributed by atoms with van der Waals surface area (Å²) in [5.74, 6) is -2.21. The number of amides is 5. The quantitative estimate of drug-likeness (QED) is 0.435. The van der Waals surface area contributed by atoms with E-state index in [-0.39, 0.29) is 12.5 Å². The van der Waals surface area contributed by atoms with Gasteiger partial charge in [0.2, 0.25) is 5.91 Å². The van der Waals surface area contributed by atoms with E-state index in [4.69, 9.17) is 0 Å². The summed E-state index contributed by atoms with van der Waals surface area (Å²) in [6, 6.07) is 9.16. The molecule has 1 aliphatic rings. The van der Waals surface area contributed by atoms with Gasteiger partial charge in [-0.05, 0) is 24.3 Å². The van der Waals surface area contributed by atoms with Crippen molar-refractivity contribution in [1.82, 2.24) is 15.1 Å². The second-order valence-electron chi connectivity index (χ2n) is 6.42. The summed E-state index contributed by atoms with van der Waals surface area (Å²) in [6.45, 7) is 3.86. The van der Waals surface area contributed by atoms with Crippen LogP contribution in [-0.4, -0.2) is 53.2 Å². The standard InChI is InChI=1S/C18H23N3O4/c1-13(2)11-20-16(23)17(24)21(18(20)25)12-15(22)19-10-6-9-14-7-4-3-5-8-14/h3-5,7-8,13H,6,9-12H2,1-2H3,(H,19,22). The molecule has 1 N–H and O–H groups in total. The average Bonchev–Trinajstić information content (AvgIpc) is 2.77. The molecule has 7 nitrogen and oxygen atoms in total. The van der Waals surface area contributed by atoms with Crippen LogP contribution >= 0.6 is 0 Å². The number of benzene rings is 1. The Bertz CT molecular complexity index is 658. The van der Waals surface area contributed by atoms with Gasteiger partial charge in [0.25, 0.3) is 0 Å². The monoisotopic (exact) mass is 345 g/mol. The van der Waals surface area contributed by atoms with Crippen molar-refractivity contribution in [3.63, 3.8) is 0 Å². The van der Waals surface area contributed by atoms with Gasteiger partial charge in [-0.3, -0.25) is 19.3 Å². The number of nitrogens with one attached hydrogen (secondary N) is 1. The summed E-state index contributed by atoms with van der Waals surface area (Å²) >= 11 is 0. The second-order valence-corrected chi connectivity index (χ2v) is 6.42. The second kappa shape index (κ2) is 8.41. The van der Waals surface area contributed by atoms with Gasteiger partial charge in [0, 0.05) is 13.1 Å². The largest absolute Gasteiger partial charge is 0.355 e. The Balaban J connectivity index is 1.78. The maximum atomic E-state index is 12.1. The molecule has 0 unspecified atom stereocenters. The van der Waals surface area contributed by atoms with Crippen LogP contribution in [0.15, 0.2) is 30.3 Å². The zero-order valence-corrected chi connectivity index (χ0v) is 14.5. The van der Waals surface area contributed by atoms with Crippen LogP contribution in [0.1, 0.15) is 25.8 Å². The fourth-order valence-electron chi connectivity index (χ4n) is 2.58. The van der Waals surface area contributed by atoms with Gasteiger partial charge in [-0.15, -0.1) is 0 Å². The van der Waals surface area contributed by atoms with E-state index < -0.39 is 30.3 Å². The van der Waals surface area contributed by atoms with Gasteiger partial charge in [0.15, 0.2) is 0 Å². The molecule has 2 rings (SSSR count). The summed E-state index contributed by atoms with van der Waals surface area (Å²) < 4.78 is 0. The van der Waals surface area contributed by atoms with E-state index in [1.165, 1.54) is 5.56 Å². The maximum absolute atomic E-state index is 12.1. The topological polar surface area (TPSA) is 86.8 Å². The van der Waals surface area contributed by atoms with Gasteiger partial charge >= 0.3 is 17.8 Å². The van der Waals surface area contributed by atoms with E-state index in [0.29, 0.717) is 11.4 Å². The van der Waals surface area contributed by atoms with Gasteiger partial charge in [-0.25, -0.2) is 9.69 Å². The summed E-state index contributed by atoms with van der Waals surface area (Å²) in [5, 5.41) is 2.68.